The average Bonchev–Trinajstić information content (AvgIpc) is 2.65. The van der Waals surface area contributed by atoms with E-state index in [-0.39, 0.29) is 5.69 Å². The first-order chi connectivity index (χ1) is 13.9. The molecule has 1 amide bonds. The van der Waals surface area contributed by atoms with E-state index in [1.54, 1.807) is 19.1 Å². The molecule has 0 radical (unpaired) electrons. The highest BCUT2D eigenvalue weighted by Crippen LogP contribution is 2.25. The summed E-state index contributed by atoms with van der Waals surface area (Å²) in [5, 5.41) is 2.56. The smallest absolute Gasteiger partial charge is 0.481 e. The topological polar surface area (TPSA) is 84.9 Å². The number of rotatable bonds is 8. The zero-order chi connectivity index (χ0) is 22.5. The van der Waals surface area contributed by atoms with E-state index >= 15 is 0 Å². The van der Waals surface area contributed by atoms with Gasteiger partial charge in [-0.1, -0.05) is 6.92 Å². The molecular weight excluding hydrogens is 425 g/mol. The second-order valence-electron chi connectivity index (χ2n) is 6.30. The third kappa shape index (κ3) is 6.83. The van der Waals surface area contributed by atoms with Gasteiger partial charge in [-0.2, -0.15) is 0 Å². The molecule has 1 atom stereocenters. The Labute approximate surface area is 172 Å². The number of hydrogen-bond donors (Lipinski definition) is 1. The van der Waals surface area contributed by atoms with Crippen LogP contribution < -0.4 is 19.1 Å². The van der Waals surface area contributed by atoms with Crippen molar-refractivity contribution in [1.29, 1.82) is 0 Å². The molecule has 0 spiro atoms. The third-order valence-corrected chi connectivity index (χ3v) is 5.20. The predicted octanol–water partition coefficient (Wildman–Crippen LogP) is 3.78. The first-order valence-corrected chi connectivity index (χ1v) is 10.6. The molecule has 1 N–H and O–H groups in total. The number of sulfonamides is 1. The Bertz CT molecular complexity index is 961. The summed E-state index contributed by atoms with van der Waals surface area (Å²) in [6, 6.07) is 10.9. The van der Waals surface area contributed by atoms with Crippen LogP contribution in [0.3, 0.4) is 0 Å². The largest absolute Gasteiger partial charge is 0.573 e. The number of anilines is 2. The minimum atomic E-state index is -4.79. The molecule has 0 fully saturated rings. The van der Waals surface area contributed by atoms with Gasteiger partial charge in [-0.3, -0.25) is 9.10 Å². The predicted molar refractivity (Wildman–Crippen MR) is 106 cm³/mol. The van der Waals surface area contributed by atoms with Gasteiger partial charge in [0.05, 0.1) is 11.9 Å². The number of nitrogens with zero attached hydrogens (tertiary/aromatic N) is 1. The van der Waals surface area contributed by atoms with Gasteiger partial charge in [0, 0.05) is 12.7 Å². The van der Waals surface area contributed by atoms with Crippen molar-refractivity contribution < 1.29 is 35.9 Å². The van der Waals surface area contributed by atoms with Gasteiger partial charge in [0.25, 0.3) is 5.91 Å². The highest BCUT2D eigenvalue weighted by Gasteiger charge is 2.31. The Morgan fingerprint density at radius 1 is 1.07 bits per heavy atom. The van der Waals surface area contributed by atoms with Crippen molar-refractivity contribution in [1.82, 2.24) is 0 Å². The lowest BCUT2D eigenvalue weighted by Gasteiger charge is -2.19. The fraction of sp³-hybridized carbons (Fsp3) is 0.316. The fourth-order valence-corrected chi connectivity index (χ4v) is 2.88. The molecule has 0 bridgehead atoms. The Hall–Kier alpha value is -2.95. The van der Waals surface area contributed by atoms with Gasteiger partial charge in [0.1, 0.15) is 11.5 Å². The lowest BCUT2D eigenvalue weighted by atomic mass is 10.2. The molecule has 0 heterocycles. The van der Waals surface area contributed by atoms with E-state index in [2.05, 4.69) is 10.1 Å². The van der Waals surface area contributed by atoms with Crippen LogP contribution in [0.4, 0.5) is 24.5 Å². The fourth-order valence-electron chi connectivity index (χ4n) is 2.38. The van der Waals surface area contributed by atoms with Crippen LogP contribution in [0.1, 0.15) is 13.3 Å². The number of alkyl halides is 3. The molecule has 11 heteroatoms. The van der Waals surface area contributed by atoms with Gasteiger partial charge >= 0.3 is 6.36 Å². The number of hydrogen-bond acceptors (Lipinski definition) is 5. The van der Waals surface area contributed by atoms with Crippen LogP contribution in [0, 0.1) is 0 Å². The number of nitrogens with one attached hydrogen (secondary N) is 1. The molecule has 1 unspecified atom stereocenters. The summed E-state index contributed by atoms with van der Waals surface area (Å²) in [6.45, 7) is 1.73. The number of carbonyl (C=O) groups excluding carboxylic acids is 1. The molecule has 2 aromatic carbocycles. The number of halogens is 3. The van der Waals surface area contributed by atoms with E-state index in [1.807, 2.05) is 0 Å². The molecule has 0 saturated carbocycles. The summed E-state index contributed by atoms with van der Waals surface area (Å²) in [7, 11) is -1.99. The maximum Gasteiger partial charge on any atom is 0.573 e. The summed E-state index contributed by atoms with van der Waals surface area (Å²) < 4.78 is 70.3. The molecule has 0 aromatic heterocycles. The van der Waals surface area contributed by atoms with Gasteiger partial charge in [-0.15, -0.1) is 13.2 Å². The minimum Gasteiger partial charge on any atom is -0.481 e. The molecule has 7 nitrogen and oxygen atoms in total. The summed E-state index contributed by atoms with van der Waals surface area (Å²) >= 11 is 0. The van der Waals surface area contributed by atoms with E-state index in [1.165, 1.54) is 31.3 Å². The highest BCUT2D eigenvalue weighted by atomic mass is 32.2. The van der Waals surface area contributed by atoms with E-state index in [0.717, 1.165) is 22.7 Å². The molecule has 0 aliphatic carbocycles. The van der Waals surface area contributed by atoms with Crippen molar-refractivity contribution in [2.75, 3.05) is 22.9 Å². The second-order valence-corrected chi connectivity index (χ2v) is 8.31. The van der Waals surface area contributed by atoms with Crippen molar-refractivity contribution in [2.45, 2.75) is 25.8 Å². The summed E-state index contributed by atoms with van der Waals surface area (Å²) in [5.41, 5.74) is 0.713. The first kappa shape index (κ1) is 23.3. The number of benzene rings is 2. The van der Waals surface area contributed by atoms with Crippen LogP contribution in [0.2, 0.25) is 0 Å². The highest BCUT2D eigenvalue weighted by molar-refractivity contribution is 7.92. The van der Waals surface area contributed by atoms with Crippen LogP contribution in [0.5, 0.6) is 11.5 Å². The number of carbonyl (C=O) groups is 1. The summed E-state index contributed by atoms with van der Waals surface area (Å²) in [5.74, 6) is -0.529. The molecule has 0 aliphatic heterocycles. The van der Waals surface area contributed by atoms with Crippen molar-refractivity contribution in [3.8, 4) is 11.5 Å². The Kier molecular flexibility index (Phi) is 7.19. The van der Waals surface area contributed by atoms with E-state index in [0.29, 0.717) is 17.9 Å². The Balaban J connectivity index is 2.01. The molecule has 2 rings (SSSR count). The van der Waals surface area contributed by atoms with Crippen molar-refractivity contribution in [2.24, 2.45) is 0 Å². The van der Waals surface area contributed by atoms with Crippen LogP contribution >= 0.6 is 0 Å². The van der Waals surface area contributed by atoms with Gasteiger partial charge in [-0.25, -0.2) is 8.42 Å². The van der Waals surface area contributed by atoms with E-state index in [4.69, 9.17) is 4.74 Å². The summed E-state index contributed by atoms with van der Waals surface area (Å²) in [4.78, 5) is 12.4. The van der Waals surface area contributed by atoms with Crippen LogP contribution in [0.15, 0.2) is 48.5 Å². The first-order valence-electron chi connectivity index (χ1n) is 8.76. The molecule has 164 valence electrons. The number of amides is 1. The monoisotopic (exact) mass is 446 g/mol. The van der Waals surface area contributed by atoms with Crippen LogP contribution in [-0.2, 0) is 14.8 Å². The molecule has 30 heavy (non-hydrogen) atoms. The van der Waals surface area contributed by atoms with Crippen molar-refractivity contribution in [3.05, 3.63) is 48.5 Å². The molecule has 2 aromatic rings. The van der Waals surface area contributed by atoms with Gasteiger partial charge < -0.3 is 14.8 Å². The summed E-state index contributed by atoms with van der Waals surface area (Å²) in [6.07, 6.45) is -4.25. The molecule has 0 aliphatic rings. The average molecular weight is 446 g/mol. The normalized spacial score (nSPS) is 12.7. The molecule has 0 saturated heterocycles. The van der Waals surface area contributed by atoms with Crippen LogP contribution in [0.25, 0.3) is 0 Å². The minimum absolute atomic E-state index is 0.279. The standard InChI is InChI=1S/C19H21F3N2O5S/c1-4-17(28-15-11-7-14(8-12-15)24(2)30(3,26)27)18(25)23-13-5-9-16(10-6-13)29-19(20,21)22/h5-12,17H,4H2,1-3H3,(H,23,25). The Morgan fingerprint density at radius 2 is 1.60 bits per heavy atom. The zero-order valence-corrected chi connectivity index (χ0v) is 17.3. The SMILES string of the molecule is CCC(Oc1ccc(N(C)S(C)(=O)=O)cc1)C(=O)Nc1ccc(OC(F)(F)F)cc1. The number of ether oxygens (including phenoxy) is 2. The zero-order valence-electron chi connectivity index (χ0n) is 16.4. The quantitative estimate of drug-likeness (QED) is 0.667. The maximum atomic E-state index is 12.4. The van der Waals surface area contributed by atoms with E-state index < -0.39 is 34.1 Å². The second kappa shape index (κ2) is 9.24. The van der Waals surface area contributed by atoms with Gasteiger partial charge in [-0.05, 0) is 55.0 Å². The van der Waals surface area contributed by atoms with Crippen molar-refractivity contribution >= 4 is 27.3 Å². The maximum absolute atomic E-state index is 12.4. The lowest BCUT2D eigenvalue weighted by molar-refractivity contribution is -0.274. The van der Waals surface area contributed by atoms with Gasteiger partial charge in [0.2, 0.25) is 10.0 Å². The van der Waals surface area contributed by atoms with Gasteiger partial charge in [0.15, 0.2) is 6.10 Å². The molecular formula is C19H21F3N2O5S. The van der Waals surface area contributed by atoms with Crippen LogP contribution in [-0.4, -0.2) is 40.1 Å². The Morgan fingerprint density at radius 3 is 2.07 bits per heavy atom. The third-order valence-electron chi connectivity index (χ3n) is 3.99. The van der Waals surface area contributed by atoms with E-state index in [9.17, 15) is 26.4 Å². The van der Waals surface area contributed by atoms with Crippen molar-refractivity contribution in [3.63, 3.8) is 0 Å². The lowest BCUT2D eigenvalue weighted by Crippen LogP contribution is -2.32.